The second-order valence-corrected chi connectivity index (χ2v) is 4.77. The first-order chi connectivity index (χ1) is 8.19. The Morgan fingerprint density at radius 1 is 1.41 bits per heavy atom. The highest BCUT2D eigenvalue weighted by molar-refractivity contribution is 7.10. The molecular formula is C12H10ClNO2S. The highest BCUT2D eigenvalue weighted by Gasteiger charge is 2.08. The van der Waals surface area contributed by atoms with Crippen molar-refractivity contribution in [2.45, 2.75) is 6.42 Å². The number of esters is 1. The zero-order valence-electron chi connectivity index (χ0n) is 9.14. The third-order valence-electron chi connectivity index (χ3n) is 2.21. The number of carbonyl (C=O) groups excluding carboxylic acids is 1. The average molecular weight is 268 g/mol. The molecule has 2 rings (SSSR count). The van der Waals surface area contributed by atoms with Crippen molar-refractivity contribution in [1.29, 1.82) is 0 Å². The number of hydrogen-bond acceptors (Lipinski definition) is 4. The number of thiazole rings is 1. The molecule has 0 saturated heterocycles. The molecule has 1 heterocycles. The van der Waals surface area contributed by atoms with Crippen molar-refractivity contribution in [3.05, 3.63) is 39.7 Å². The third kappa shape index (κ3) is 3.05. The Bertz CT molecular complexity index is 522. The van der Waals surface area contributed by atoms with Crippen molar-refractivity contribution in [3.63, 3.8) is 0 Å². The molecule has 0 aliphatic rings. The molecule has 1 aromatic heterocycles. The van der Waals surface area contributed by atoms with E-state index in [4.69, 9.17) is 11.6 Å². The zero-order chi connectivity index (χ0) is 12.3. The number of hydrogen-bond donors (Lipinski definition) is 0. The zero-order valence-corrected chi connectivity index (χ0v) is 10.7. The minimum absolute atomic E-state index is 0.217. The van der Waals surface area contributed by atoms with Crippen molar-refractivity contribution in [2.75, 3.05) is 7.11 Å². The first-order valence-electron chi connectivity index (χ1n) is 4.96. The molecule has 0 amide bonds. The molecule has 2 aromatic rings. The number of carbonyl (C=O) groups is 1. The van der Waals surface area contributed by atoms with Crippen LogP contribution in [-0.2, 0) is 16.0 Å². The Kier molecular flexibility index (Phi) is 3.76. The summed E-state index contributed by atoms with van der Waals surface area (Å²) >= 11 is 7.26. The van der Waals surface area contributed by atoms with Gasteiger partial charge < -0.3 is 4.74 Å². The topological polar surface area (TPSA) is 39.2 Å². The van der Waals surface area contributed by atoms with Gasteiger partial charge in [0.2, 0.25) is 0 Å². The van der Waals surface area contributed by atoms with Crippen LogP contribution in [0.3, 0.4) is 0 Å². The van der Waals surface area contributed by atoms with E-state index in [0.717, 1.165) is 16.3 Å². The summed E-state index contributed by atoms with van der Waals surface area (Å²) in [4.78, 5) is 15.5. The lowest BCUT2D eigenvalue weighted by atomic mass is 10.2. The van der Waals surface area contributed by atoms with Gasteiger partial charge in [-0.25, -0.2) is 4.98 Å². The van der Waals surface area contributed by atoms with Gasteiger partial charge in [-0.2, -0.15) is 0 Å². The molecule has 0 aliphatic heterocycles. The lowest BCUT2D eigenvalue weighted by molar-refractivity contribution is -0.139. The van der Waals surface area contributed by atoms with Crippen LogP contribution < -0.4 is 0 Å². The summed E-state index contributed by atoms with van der Waals surface area (Å²) in [5, 5.41) is 3.36. The first kappa shape index (κ1) is 12.1. The van der Waals surface area contributed by atoms with Gasteiger partial charge in [0, 0.05) is 16.0 Å². The second kappa shape index (κ2) is 5.29. The predicted molar refractivity (Wildman–Crippen MR) is 68.3 cm³/mol. The molecule has 0 N–H and O–H groups in total. The van der Waals surface area contributed by atoms with Gasteiger partial charge in [0.05, 0.1) is 19.2 Å². The Morgan fingerprint density at radius 3 is 2.76 bits per heavy atom. The Balaban J connectivity index is 2.18. The van der Waals surface area contributed by atoms with E-state index in [2.05, 4.69) is 9.72 Å². The summed E-state index contributed by atoms with van der Waals surface area (Å²) in [7, 11) is 1.37. The number of rotatable bonds is 3. The largest absolute Gasteiger partial charge is 0.469 e. The first-order valence-corrected chi connectivity index (χ1v) is 6.22. The fourth-order valence-corrected chi connectivity index (χ4v) is 2.26. The quantitative estimate of drug-likeness (QED) is 0.802. The van der Waals surface area contributed by atoms with Crippen molar-refractivity contribution >= 4 is 28.9 Å². The van der Waals surface area contributed by atoms with Gasteiger partial charge in [-0.1, -0.05) is 23.7 Å². The van der Waals surface area contributed by atoms with E-state index < -0.39 is 0 Å². The summed E-state index contributed by atoms with van der Waals surface area (Å²) in [5.41, 5.74) is 1.84. The summed E-state index contributed by atoms with van der Waals surface area (Å²) in [6.07, 6.45) is 0.217. The average Bonchev–Trinajstić information content (AvgIpc) is 2.78. The molecule has 5 heteroatoms. The van der Waals surface area contributed by atoms with Gasteiger partial charge in [-0.3, -0.25) is 4.79 Å². The molecule has 0 radical (unpaired) electrons. The molecule has 3 nitrogen and oxygen atoms in total. The van der Waals surface area contributed by atoms with Crippen LogP contribution in [0.2, 0.25) is 5.02 Å². The number of benzene rings is 1. The standard InChI is InChI=1S/C12H10ClNO2S/c1-16-12(15)6-11-14-10(7-17-11)8-2-4-9(13)5-3-8/h2-5,7H,6H2,1H3. The molecule has 88 valence electrons. The Morgan fingerprint density at radius 2 is 2.12 bits per heavy atom. The molecular weight excluding hydrogens is 258 g/mol. The van der Waals surface area contributed by atoms with Gasteiger partial charge in [0.25, 0.3) is 0 Å². The summed E-state index contributed by atoms with van der Waals surface area (Å²) in [6, 6.07) is 7.44. The van der Waals surface area contributed by atoms with Crippen molar-refractivity contribution in [2.24, 2.45) is 0 Å². The molecule has 0 saturated carbocycles. The number of nitrogens with zero attached hydrogens (tertiary/aromatic N) is 1. The predicted octanol–water partition coefficient (Wildman–Crippen LogP) is 3.18. The third-order valence-corrected chi connectivity index (χ3v) is 3.32. The van der Waals surface area contributed by atoms with Crippen LogP contribution >= 0.6 is 22.9 Å². The van der Waals surface area contributed by atoms with Gasteiger partial charge >= 0.3 is 5.97 Å². The van der Waals surface area contributed by atoms with Crippen LogP contribution in [0, 0.1) is 0 Å². The van der Waals surface area contributed by atoms with E-state index in [0.29, 0.717) is 5.02 Å². The lowest BCUT2D eigenvalue weighted by Gasteiger charge is -1.96. The van der Waals surface area contributed by atoms with Gasteiger partial charge in [0.1, 0.15) is 5.01 Å². The molecule has 0 bridgehead atoms. The van der Waals surface area contributed by atoms with Crippen LogP contribution in [-0.4, -0.2) is 18.1 Å². The Labute approximate surface area is 108 Å². The highest BCUT2D eigenvalue weighted by atomic mass is 35.5. The minimum Gasteiger partial charge on any atom is -0.469 e. The van der Waals surface area contributed by atoms with E-state index in [-0.39, 0.29) is 12.4 Å². The molecule has 17 heavy (non-hydrogen) atoms. The van der Waals surface area contributed by atoms with Gasteiger partial charge in [-0.05, 0) is 12.1 Å². The van der Waals surface area contributed by atoms with E-state index >= 15 is 0 Å². The van der Waals surface area contributed by atoms with Crippen molar-refractivity contribution in [3.8, 4) is 11.3 Å². The number of aromatic nitrogens is 1. The smallest absolute Gasteiger partial charge is 0.312 e. The maximum Gasteiger partial charge on any atom is 0.312 e. The number of methoxy groups -OCH3 is 1. The summed E-state index contributed by atoms with van der Waals surface area (Å²) in [6.45, 7) is 0. The minimum atomic E-state index is -0.276. The van der Waals surface area contributed by atoms with E-state index in [1.807, 2.05) is 29.6 Å². The van der Waals surface area contributed by atoms with Crippen LogP contribution in [0.25, 0.3) is 11.3 Å². The highest BCUT2D eigenvalue weighted by Crippen LogP contribution is 2.23. The summed E-state index contributed by atoms with van der Waals surface area (Å²) < 4.78 is 4.60. The maximum absolute atomic E-state index is 11.1. The monoisotopic (exact) mass is 267 g/mol. The molecule has 0 aliphatic carbocycles. The molecule has 1 aromatic carbocycles. The van der Waals surface area contributed by atoms with Crippen molar-refractivity contribution < 1.29 is 9.53 Å². The lowest BCUT2D eigenvalue weighted by Crippen LogP contribution is -2.03. The van der Waals surface area contributed by atoms with E-state index in [1.165, 1.54) is 18.4 Å². The molecule has 0 atom stereocenters. The fourth-order valence-electron chi connectivity index (χ4n) is 1.34. The van der Waals surface area contributed by atoms with Crippen LogP contribution in [0.5, 0.6) is 0 Å². The van der Waals surface area contributed by atoms with E-state index in [9.17, 15) is 4.79 Å². The Hall–Kier alpha value is -1.39. The van der Waals surface area contributed by atoms with Crippen molar-refractivity contribution in [1.82, 2.24) is 4.98 Å². The molecule has 0 unspecified atom stereocenters. The summed E-state index contributed by atoms with van der Waals surface area (Å²) in [5.74, 6) is -0.276. The maximum atomic E-state index is 11.1. The molecule has 0 spiro atoms. The normalized spacial score (nSPS) is 10.2. The SMILES string of the molecule is COC(=O)Cc1nc(-c2ccc(Cl)cc2)cs1. The number of ether oxygens (including phenoxy) is 1. The van der Waals surface area contributed by atoms with Crippen LogP contribution in [0.1, 0.15) is 5.01 Å². The number of halogens is 1. The second-order valence-electron chi connectivity index (χ2n) is 3.39. The van der Waals surface area contributed by atoms with Gasteiger partial charge in [0.15, 0.2) is 0 Å². The van der Waals surface area contributed by atoms with Crippen LogP contribution in [0.4, 0.5) is 0 Å². The fraction of sp³-hybridized carbons (Fsp3) is 0.167. The van der Waals surface area contributed by atoms with E-state index in [1.54, 1.807) is 0 Å². The van der Waals surface area contributed by atoms with Crippen LogP contribution in [0.15, 0.2) is 29.6 Å². The molecule has 0 fully saturated rings. The van der Waals surface area contributed by atoms with Gasteiger partial charge in [-0.15, -0.1) is 11.3 Å².